The van der Waals surface area contributed by atoms with Crippen LogP contribution in [0.15, 0.2) is 47.7 Å². The smallest absolute Gasteiger partial charge is 0.319 e. The number of carbonyl (C=O) groups excluding carboxylic acids is 2. The van der Waals surface area contributed by atoms with Gasteiger partial charge in [0.15, 0.2) is 11.5 Å². The summed E-state index contributed by atoms with van der Waals surface area (Å²) in [4.78, 5) is 25.4. The van der Waals surface area contributed by atoms with Crippen molar-refractivity contribution >= 4 is 17.6 Å². The molecule has 1 aliphatic heterocycles. The van der Waals surface area contributed by atoms with Gasteiger partial charge < -0.3 is 25.4 Å². The molecule has 3 N–H and O–H groups in total. The van der Waals surface area contributed by atoms with Crippen LogP contribution in [-0.4, -0.2) is 25.7 Å². The van der Waals surface area contributed by atoms with Crippen LogP contribution in [0.2, 0.25) is 0 Å². The third kappa shape index (κ3) is 4.40. The van der Waals surface area contributed by atoms with Crippen LogP contribution in [0.4, 0.5) is 10.5 Å². The number of methoxy groups -OCH3 is 1. The van der Waals surface area contributed by atoms with Gasteiger partial charge in [0.05, 0.1) is 25.3 Å². The summed E-state index contributed by atoms with van der Waals surface area (Å²) in [7, 11) is 1.55. The van der Waals surface area contributed by atoms with Crippen LogP contribution >= 0.6 is 0 Å². The van der Waals surface area contributed by atoms with Gasteiger partial charge in [-0.25, -0.2) is 4.79 Å². The maximum absolute atomic E-state index is 13.2. The molecule has 1 aliphatic rings. The largest absolute Gasteiger partial charge is 0.493 e. The Labute approximate surface area is 176 Å². The molecular weight excluding hydrogens is 382 g/mol. The summed E-state index contributed by atoms with van der Waals surface area (Å²) >= 11 is 0. The van der Waals surface area contributed by atoms with Crippen molar-refractivity contribution in [2.24, 2.45) is 0 Å². The minimum atomic E-state index is -0.630. The fraction of sp³-hybridized carbons (Fsp3) is 0.304. The van der Waals surface area contributed by atoms with E-state index in [1.807, 2.05) is 45.0 Å². The number of nitrogens with one attached hydrogen (secondary N) is 3. The van der Waals surface area contributed by atoms with Gasteiger partial charge in [-0.15, -0.1) is 0 Å². The molecule has 30 heavy (non-hydrogen) atoms. The van der Waals surface area contributed by atoms with Crippen molar-refractivity contribution in [2.75, 3.05) is 19.0 Å². The van der Waals surface area contributed by atoms with Gasteiger partial charge in [-0.3, -0.25) is 4.79 Å². The molecule has 158 valence electrons. The lowest BCUT2D eigenvalue weighted by molar-refractivity contribution is -0.113. The predicted molar refractivity (Wildman–Crippen MR) is 116 cm³/mol. The first-order valence-electron chi connectivity index (χ1n) is 9.81. The highest BCUT2D eigenvalue weighted by Gasteiger charge is 2.32. The van der Waals surface area contributed by atoms with Gasteiger partial charge in [0.1, 0.15) is 0 Å². The maximum Gasteiger partial charge on any atom is 0.319 e. The van der Waals surface area contributed by atoms with Crippen LogP contribution < -0.4 is 25.4 Å². The van der Waals surface area contributed by atoms with E-state index >= 15 is 0 Å². The molecule has 7 heteroatoms. The van der Waals surface area contributed by atoms with E-state index in [0.29, 0.717) is 29.4 Å². The first-order valence-corrected chi connectivity index (χ1v) is 9.81. The Hall–Kier alpha value is -3.48. The normalized spacial score (nSPS) is 15.9. The van der Waals surface area contributed by atoms with Crippen molar-refractivity contribution in [3.05, 3.63) is 64.4 Å². The highest BCUT2D eigenvalue weighted by molar-refractivity contribution is 6.07. The summed E-state index contributed by atoms with van der Waals surface area (Å²) < 4.78 is 11.0. The number of hydrogen-bond acceptors (Lipinski definition) is 4. The van der Waals surface area contributed by atoms with Crippen LogP contribution in [0.3, 0.4) is 0 Å². The zero-order chi connectivity index (χ0) is 21.8. The summed E-state index contributed by atoms with van der Waals surface area (Å²) in [6.07, 6.45) is 0. The lowest BCUT2D eigenvalue weighted by Gasteiger charge is -2.29. The van der Waals surface area contributed by atoms with Gasteiger partial charge in [-0.05, 0) is 57.0 Å². The number of allylic oxidation sites excluding steroid dienone is 1. The van der Waals surface area contributed by atoms with Gasteiger partial charge in [0.25, 0.3) is 5.91 Å². The Kier molecular flexibility index (Phi) is 6.30. The molecule has 0 saturated carbocycles. The van der Waals surface area contributed by atoms with E-state index in [4.69, 9.17) is 9.47 Å². The van der Waals surface area contributed by atoms with Crippen molar-refractivity contribution in [3.63, 3.8) is 0 Å². The second-order valence-electron chi connectivity index (χ2n) is 7.19. The molecular formula is C23H27N3O4. The summed E-state index contributed by atoms with van der Waals surface area (Å²) in [5.41, 5.74) is 4.46. The number of urea groups is 1. The number of benzene rings is 2. The molecule has 3 amide bonds. The molecule has 0 bridgehead atoms. The molecule has 2 aromatic carbocycles. The molecule has 7 nitrogen and oxygen atoms in total. The highest BCUT2D eigenvalue weighted by atomic mass is 16.5. The van der Waals surface area contributed by atoms with E-state index in [-0.39, 0.29) is 11.9 Å². The molecule has 2 aromatic rings. The minimum Gasteiger partial charge on any atom is -0.493 e. The van der Waals surface area contributed by atoms with E-state index in [1.54, 1.807) is 26.2 Å². The van der Waals surface area contributed by atoms with Gasteiger partial charge in [0.2, 0.25) is 0 Å². The zero-order valence-corrected chi connectivity index (χ0v) is 17.9. The predicted octanol–water partition coefficient (Wildman–Crippen LogP) is 3.98. The molecule has 1 atom stereocenters. The van der Waals surface area contributed by atoms with Crippen LogP contribution in [0.5, 0.6) is 11.5 Å². The molecule has 3 rings (SSSR count). The standard InChI is InChI=1S/C23H27N3O4/c1-6-30-18-10-8-16(12-19(18)29-5)21-20(15(4)24-23(28)26-21)22(27)25-17-9-7-13(2)11-14(17)3/h7-12,21H,6H2,1-5H3,(H,25,27)(H2,24,26,28)/t21-/m1/s1. The Morgan fingerprint density at radius 1 is 1.10 bits per heavy atom. The number of carbonyl (C=O) groups is 2. The number of ether oxygens (including phenoxy) is 2. The Morgan fingerprint density at radius 3 is 2.53 bits per heavy atom. The van der Waals surface area contributed by atoms with Gasteiger partial charge >= 0.3 is 6.03 Å². The van der Waals surface area contributed by atoms with Crippen molar-refractivity contribution in [1.82, 2.24) is 10.6 Å². The van der Waals surface area contributed by atoms with Gasteiger partial charge in [-0.1, -0.05) is 23.8 Å². The van der Waals surface area contributed by atoms with Crippen LogP contribution in [0.1, 0.15) is 36.6 Å². The summed E-state index contributed by atoms with van der Waals surface area (Å²) in [5, 5.41) is 8.50. The number of amides is 3. The Bertz CT molecular complexity index is 1010. The number of anilines is 1. The first-order chi connectivity index (χ1) is 14.3. The lowest BCUT2D eigenvalue weighted by Crippen LogP contribution is -2.46. The van der Waals surface area contributed by atoms with Crippen molar-refractivity contribution in [3.8, 4) is 11.5 Å². The highest BCUT2D eigenvalue weighted by Crippen LogP contribution is 2.34. The van der Waals surface area contributed by atoms with Gasteiger partial charge in [0, 0.05) is 11.4 Å². The third-order valence-corrected chi connectivity index (χ3v) is 4.96. The average Bonchev–Trinajstić information content (AvgIpc) is 2.70. The quantitative estimate of drug-likeness (QED) is 0.673. The number of rotatable bonds is 6. The molecule has 1 heterocycles. The molecule has 0 saturated heterocycles. The van der Waals surface area contributed by atoms with E-state index in [9.17, 15) is 9.59 Å². The third-order valence-electron chi connectivity index (χ3n) is 4.96. The molecule has 0 aliphatic carbocycles. The zero-order valence-electron chi connectivity index (χ0n) is 17.9. The fourth-order valence-electron chi connectivity index (χ4n) is 3.53. The van der Waals surface area contributed by atoms with E-state index in [1.165, 1.54) is 0 Å². The van der Waals surface area contributed by atoms with E-state index in [2.05, 4.69) is 16.0 Å². The van der Waals surface area contributed by atoms with Crippen LogP contribution in [-0.2, 0) is 4.79 Å². The van der Waals surface area contributed by atoms with E-state index < -0.39 is 6.04 Å². The second-order valence-corrected chi connectivity index (χ2v) is 7.19. The Balaban J connectivity index is 1.97. The fourth-order valence-corrected chi connectivity index (χ4v) is 3.53. The van der Waals surface area contributed by atoms with Crippen molar-refractivity contribution < 1.29 is 19.1 Å². The van der Waals surface area contributed by atoms with Crippen LogP contribution in [0, 0.1) is 13.8 Å². The average molecular weight is 409 g/mol. The topological polar surface area (TPSA) is 88.7 Å². The molecule has 0 spiro atoms. The molecule has 0 aromatic heterocycles. The van der Waals surface area contributed by atoms with E-state index in [0.717, 1.165) is 22.4 Å². The number of hydrogen-bond donors (Lipinski definition) is 3. The molecule has 0 radical (unpaired) electrons. The lowest BCUT2D eigenvalue weighted by atomic mass is 9.94. The maximum atomic E-state index is 13.2. The number of aryl methyl sites for hydroxylation is 2. The molecule has 0 fully saturated rings. The second kappa shape index (κ2) is 8.90. The summed E-state index contributed by atoms with van der Waals surface area (Å²) in [6, 6.07) is 10.2. The summed E-state index contributed by atoms with van der Waals surface area (Å²) in [6.45, 7) is 8.06. The monoisotopic (exact) mass is 409 g/mol. The van der Waals surface area contributed by atoms with Crippen molar-refractivity contribution in [2.45, 2.75) is 33.7 Å². The van der Waals surface area contributed by atoms with Gasteiger partial charge in [-0.2, -0.15) is 0 Å². The minimum absolute atomic E-state index is 0.287. The summed E-state index contributed by atoms with van der Waals surface area (Å²) in [5.74, 6) is 0.852. The SMILES string of the molecule is CCOc1ccc([C@H]2NC(=O)NC(C)=C2C(=O)Nc2ccc(C)cc2C)cc1OC. The first kappa shape index (κ1) is 21.2. The van der Waals surface area contributed by atoms with Crippen LogP contribution in [0.25, 0.3) is 0 Å². The molecule has 0 unspecified atom stereocenters. The Morgan fingerprint density at radius 2 is 1.87 bits per heavy atom. The van der Waals surface area contributed by atoms with Crippen molar-refractivity contribution in [1.29, 1.82) is 0 Å².